The summed E-state index contributed by atoms with van der Waals surface area (Å²) < 4.78 is 8.79. The summed E-state index contributed by atoms with van der Waals surface area (Å²) in [6.45, 7) is 1.64. The predicted molar refractivity (Wildman–Crippen MR) is 108 cm³/mol. The van der Waals surface area contributed by atoms with E-state index in [1.165, 1.54) is 29.2 Å². The zero-order valence-corrected chi connectivity index (χ0v) is 16.8. The average molecular weight is 491 g/mol. The molecule has 132 valence electrons. The highest BCUT2D eigenvalue weighted by Gasteiger charge is 2.23. The van der Waals surface area contributed by atoms with Crippen LogP contribution in [0.4, 0.5) is 9.93 Å². The Kier molecular flexibility index (Phi) is 6.67. The lowest BCUT2D eigenvalue weighted by atomic mass is 10.2. The van der Waals surface area contributed by atoms with E-state index in [-0.39, 0.29) is 5.56 Å². The molecule has 0 aliphatic heterocycles. The third-order valence-electron chi connectivity index (χ3n) is 2.81. The van der Waals surface area contributed by atoms with E-state index in [0.717, 1.165) is 15.3 Å². The second-order valence-corrected chi connectivity index (χ2v) is 10.0. The van der Waals surface area contributed by atoms with Gasteiger partial charge in [-0.3, -0.25) is 5.32 Å². The number of benzene rings is 1. The number of rotatable bonds is 7. The first-order valence-corrected chi connectivity index (χ1v) is 11.0. The molecule has 1 aromatic heterocycles. The molecule has 7 nitrogen and oxygen atoms in total. The highest BCUT2D eigenvalue weighted by atomic mass is 127. The van der Waals surface area contributed by atoms with E-state index in [9.17, 15) is 9.59 Å². The standard InChI is InChI=1S/C15H14IN3O4S2/c1-15(8-17,16-2)23-14(22)19-13-18-7-11(25-13)24-10-5-3-4-9(6-10)12(20)21/h3-8,17H,2H2,1H3,(H,20,21)(H,18,19,22). The van der Waals surface area contributed by atoms with Crippen molar-refractivity contribution in [1.82, 2.24) is 4.98 Å². The van der Waals surface area contributed by atoms with Crippen LogP contribution in [0.25, 0.3) is 0 Å². The van der Waals surface area contributed by atoms with E-state index in [0.29, 0.717) is 5.13 Å². The molecule has 1 atom stereocenters. The molecule has 1 amide bonds. The van der Waals surface area contributed by atoms with Crippen LogP contribution in [0.15, 0.2) is 39.6 Å². The summed E-state index contributed by atoms with van der Waals surface area (Å²) in [6, 6.07) is 6.56. The molecule has 10 heteroatoms. The predicted octanol–water partition coefficient (Wildman–Crippen LogP) is 4.31. The van der Waals surface area contributed by atoms with Crippen molar-refractivity contribution in [2.45, 2.75) is 19.6 Å². The fourth-order valence-corrected chi connectivity index (χ4v) is 4.04. The van der Waals surface area contributed by atoms with Crippen molar-refractivity contribution < 1.29 is 19.4 Å². The van der Waals surface area contributed by atoms with Gasteiger partial charge in [-0.05, 0) is 25.1 Å². The van der Waals surface area contributed by atoms with E-state index in [1.54, 1.807) is 31.3 Å². The Morgan fingerprint density at radius 3 is 2.96 bits per heavy atom. The summed E-state index contributed by atoms with van der Waals surface area (Å²) in [6.07, 6.45) is 1.97. The summed E-state index contributed by atoms with van der Waals surface area (Å²) in [5.74, 6) is -0.987. The van der Waals surface area contributed by atoms with Crippen molar-refractivity contribution in [3.8, 4) is 0 Å². The third kappa shape index (κ3) is 5.61. The highest BCUT2D eigenvalue weighted by Crippen LogP contribution is 2.34. The number of nitrogens with one attached hydrogen (secondary N) is 2. The van der Waals surface area contributed by atoms with Crippen LogP contribution in [0.3, 0.4) is 0 Å². The van der Waals surface area contributed by atoms with Gasteiger partial charge in [0.05, 0.1) is 16.0 Å². The number of aromatic nitrogens is 1. The minimum Gasteiger partial charge on any atom is -0.478 e. The van der Waals surface area contributed by atoms with Crippen molar-refractivity contribution in [1.29, 1.82) is 5.41 Å². The first-order chi connectivity index (χ1) is 11.8. The van der Waals surface area contributed by atoms with Gasteiger partial charge >= 0.3 is 12.1 Å². The number of thiazole rings is 1. The SMILES string of the molecule is C=IC(C)(C=N)OC(=O)Nc1ncc(Sc2cccc(C(=O)O)c2)s1. The molecule has 2 aromatic rings. The number of halogens is 1. The molecule has 1 heterocycles. The van der Waals surface area contributed by atoms with Crippen LogP contribution in [0.2, 0.25) is 0 Å². The highest BCUT2D eigenvalue weighted by molar-refractivity contribution is 14.2. The summed E-state index contributed by atoms with van der Waals surface area (Å²) in [5.41, 5.74) is 0.207. The number of alkyl halides is 1. The van der Waals surface area contributed by atoms with E-state index in [2.05, 4.69) is 14.8 Å². The van der Waals surface area contributed by atoms with Crippen molar-refractivity contribution in [2.24, 2.45) is 0 Å². The monoisotopic (exact) mass is 491 g/mol. The molecule has 0 aliphatic rings. The molecule has 1 aromatic carbocycles. The molecule has 25 heavy (non-hydrogen) atoms. The second-order valence-electron chi connectivity index (χ2n) is 4.70. The first-order valence-electron chi connectivity index (χ1n) is 6.73. The number of carbonyl (C=O) groups is 2. The van der Waals surface area contributed by atoms with Crippen LogP contribution in [-0.4, -0.2) is 36.5 Å². The molecule has 3 N–H and O–H groups in total. The number of carboxylic acids is 1. The van der Waals surface area contributed by atoms with Crippen molar-refractivity contribution in [3.05, 3.63) is 36.0 Å². The maximum atomic E-state index is 11.9. The van der Waals surface area contributed by atoms with Crippen LogP contribution < -0.4 is 5.32 Å². The third-order valence-corrected chi connectivity index (χ3v) is 6.86. The lowest BCUT2D eigenvalue weighted by molar-refractivity contribution is 0.0696. The molecule has 1 unspecified atom stereocenters. The zero-order valence-electron chi connectivity index (χ0n) is 13.0. The number of hydrogen-bond acceptors (Lipinski definition) is 7. The summed E-state index contributed by atoms with van der Waals surface area (Å²) in [7, 11) is 0. The van der Waals surface area contributed by atoms with Gasteiger partial charge in [-0.1, -0.05) is 54.4 Å². The van der Waals surface area contributed by atoms with E-state index in [1.807, 2.05) is 0 Å². The van der Waals surface area contributed by atoms with Gasteiger partial charge in [0.2, 0.25) is 0 Å². The summed E-state index contributed by atoms with van der Waals surface area (Å²) in [5, 5.41) is 19.2. The van der Waals surface area contributed by atoms with Gasteiger partial charge in [-0.2, -0.15) is 0 Å². The zero-order chi connectivity index (χ0) is 18.4. The number of carboxylic acid groups (broad SMARTS) is 1. The Morgan fingerprint density at radius 2 is 2.32 bits per heavy atom. The van der Waals surface area contributed by atoms with Crippen molar-refractivity contribution >= 4 is 71.8 Å². The summed E-state index contributed by atoms with van der Waals surface area (Å²) >= 11 is 1.85. The molecule has 0 radical (unpaired) electrons. The minimum absolute atomic E-state index is 0.207. The Bertz CT molecular complexity index is 817. The van der Waals surface area contributed by atoms with Crippen LogP contribution in [-0.2, 0) is 4.74 Å². The van der Waals surface area contributed by atoms with E-state index < -0.39 is 36.4 Å². The quantitative estimate of drug-likeness (QED) is 0.302. The number of ether oxygens (including phenoxy) is 1. The van der Waals surface area contributed by atoms with Gasteiger partial charge in [0.25, 0.3) is 0 Å². The number of amides is 1. The molecule has 0 bridgehead atoms. The van der Waals surface area contributed by atoms with Crippen LogP contribution in [0.1, 0.15) is 17.3 Å². The maximum absolute atomic E-state index is 11.9. The van der Waals surface area contributed by atoms with Gasteiger partial charge in [-0.15, -0.1) is 0 Å². The van der Waals surface area contributed by atoms with Gasteiger partial charge in [0.15, 0.2) is 8.74 Å². The normalized spacial score (nSPS) is 12.8. The Morgan fingerprint density at radius 1 is 1.56 bits per heavy atom. The van der Waals surface area contributed by atoms with Gasteiger partial charge in [-0.25, -0.2) is 14.6 Å². The summed E-state index contributed by atoms with van der Waals surface area (Å²) in [4.78, 5) is 27.7. The maximum Gasteiger partial charge on any atom is 0.415 e. The molecule has 0 fully saturated rings. The average Bonchev–Trinajstić information content (AvgIpc) is 3.01. The molecule has 0 saturated heterocycles. The fraction of sp³-hybridized carbons (Fsp3) is 0.133. The first kappa shape index (κ1) is 19.5. The second kappa shape index (κ2) is 8.54. The number of anilines is 1. The fourth-order valence-electron chi connectivity index (χ4n) is 1.56. The molecule has 0 spiro atoms. The molecule has 0 aliphatic carbocycles. The van der Waals surface area contributed by atoms with Gasteiger partial charge < -0.3 is 15.3 Å². The van der Waals surface area contributed by atoms with Crippen LogP contribution in [0.5, 0.6) is 0 Å². The topological polar surface area (TPSA) is 112 Å². The number of carbonyl (C=O) groups excluding carboxylic acids is 1. The number of aromatic carboxylic acids is 1. The van der Waals surface area contributed by atoms with Crippen LogP contribution >= 0.6 is 43.8 Å². The van der Waals surface area contributed by atoms with Crippen LogP contribution in [0, 0.1) is 5.41 Å². The molecule has 2 rings (SSSR count). The lowest BCUT2D eigenvalue weighted by Crippen LogP contribution is -2.29. The molecular formula is C15H14IN3O4S2. The van der Waals surface area contributed by atoms with Gasteiger partial charge in [0, 0.05) is 11.1 Å². The Balaban J connectivity index is 2.01. The van der Waals surface area contributed by atoms with E-state index >= 15 is 0 Å². The van der Waals surface area contributed by atoms with E-state index in [4.69, 9.17) is 15.3 Å². The van der Waals surface area contributed by atoms with Crippen molar-refractivity contribution in [2.75, 3.05) is 5.32 Å². The van der Waals surface area contributed by atoms with Crippen molar-refractivity contribution in [3.63, 3.8) is 0 Å². The number of hydrogen-bond donors (Lipinski definition) is 3. The largest absolute Gasteiger partial charge is 0.478 e. The molecular weight excluding hydrogens is 477 g/mol. The smallest absolute Gasteiger partial charge is 0.415 e. The Hall–Kier alpha value is -1.79. The minimum atomic E-state index is -0.987. The lowest BCUT2D eigenvalue weighted by Gasteiger charge is -2.19. The number of nitrogens with zero attached hydrogens (tertiary/aromatic N) is 1. The molecule has 0 saturated carbocycles. The van der Waals surface area contributed by atoms with Gasteiger partial charge in [0.1, 0.15) is 0 Å². The Labute approximate surface area is 162 Å².